The number of nitrogens with two attached hydrogens (primary N) is 2. The summed E-state index contributed by atoms with van der Waals surface area (Å²) in [5, 5.41) is 3.16. The van der Waals surface area contributed by atoms with E-state index >= 15 is 0 Å². The Bertz CT molecular complexity index is 510. The molecule has 116 valence electrons. The van der Waals surface area contributed by atoms with Gasteiger partial charge in [-0.2, -0.15) is 0 Å². The Hall–Kier alpha value is -0.910. The van der Waals surface area contributed by atoms with Crippen molar-refractivity contribution in [2.75, 3.05) is 5.32 Å². The molecule has 0 radical (unpaired) electrons. The molecule has 0 spiro atoms. The molecule has 0 amide bonds. The number of rotatable bonds is 3. The van der Waals surface area contributed by atoms with Gasteiger partial charge in [0.25, 0.3) is 0 Å². The first kappa shape index (κ1) is 15.0. The SMILES string of the molecule is NC(N)c1ccnc2c1NC(CC1CCC(F)C(Cl)C1)C2. The Morgan fingerprint density at radius 2 is 2.24 bits per heavy atom. The zero-order chi connectivity index (χ0) is 15.0. The maximum absolute atomic E-state index is 13.4. The highest BCUT2D eigenvalue weighted by molar-refractivity contribution is 6.21. The third-order valence-electron chi connectivity index (χ3n) is 4.63. The minimum atomic E-state index is -0.847. The lowest BCUT2D eigenvalue weighted by molar-refractivity contribution is 0.203. The second kappa shape index (κ2) is 6.07. The fraction of sp³-hybridized carbons (Fsp3) is 0.667. The Balaban J connectivity index is 1.64. The number of nitrogens with zero attached hydrogens (tertiary/aromatic N) is 1. The number of pyridine rings is 1. The summed E-state index contributed by atoms with van der Waals surface area (Å²) in [5.74, 6) is 0.473. The smallest absolute Gasteiger partial charge is 0.116 e. The van der Waals surface area contributed by atoms with Crippen LogP contribution >= 0.6 is 11.6 Å². The Morgan fingerprint density at radius 1 is 1.43 bits per heavy atom. The number of hydrogen-bond donors (Lipinski definition) is 3. The van der Waals surface area contributed by atoms with Crippen molar-refractivity contribution in [2.45, 2.75) is 55.9 Å². The van der Waals surface area contributed by atoms with Gasteiger partial charge in [-0.15, -0.1) is 11.6 Å². The van der Waals surface area contributed by atoms with E-state index in [4.69, 9.17) is 23.1 Å². The number of alkyl halides is 2. The minimum Gasteiger partial charge on any atom is -0.380 e. The van der Waals surface area contributed by atoms with Crippen LogP contribution in [0.25, 0.3) is 0 Å². The number of fused-ring (bicyclic) bond motifs is 1. The molecule has 6 heteroatoms. The van der Waals surface area contributed by atoms with Crippen LogP contribution in [-0.2, 0) is 6.42 Å². The van der Waals surface area contributed by atoms with Crippen LogP contribution in [0.1, 0.15) is 43.1 Å². The molecule has 2 aliphatic rings. The molecule has 5 N–H and O–H groups in total. The van der Waals surface area contributed by atoms with E-state index in [1.807, 2.05) is 6.07 Å². The van der Waals surface area contributed by atoms with Gasteiger partial charge >= 0.3 is 0 Å². The lowest BCUT2D eigenvalue weighted by Crippen LogP contribution is -2.30. The van der Waals surface area contributed by atoms with Gasteiger partial charge in [0, 0.05) is 24.2 Å². The highest BCUT2D eigenvalue weighted by atomic mass is 35.5. The van der Waals surface area contributed by atoms with Gasteiger partial charge in [-0.05, 0) is 37.7 Å². The molecule has 1 aliphatic heterocycles. The molecule has 4 unspecified atom stereocenters. The first-order valence-electron chi connectivity index (χ1n) is 7.58. The second-order valence-corrected chi connectivity index (χ2v) is 6.80. The summed E-state index contributed by atoms with van der Waals surface area (Å²) >= 11 is 6.06. The molecule has 1 aromatic rings. The monoisotopic (exact) mass is 312 g/mol. The molecule has 0 bridgehead atoms. The predicted molar refractivity (Wildman–Crippen MR) is 83.0 cm³/mol. The van der Waals surface area contributed by atoms with Crippen molar-refractivity contribution in [3.8, 4) is 0 Å². The van der Waals surface area contributed by atoms with Gasteiger partial charge < -0.3 is 16.8 Å². The van der Waals surface area contributed by atoms with Crippen molar-refractivity contribution in [1.82, 2.24) is 4.98 Å². The third-order valence-corrected chi connectivity index (χ3v) is 5.08. The normalized spacial score (nSPS) is 32.0. The van der Waals surface area contributed by atoms with E-state index < -0.39 is 12.3 Å². The van der Waals surface area contributed by atoms with Crippen LogP contribution in [0.5, 0.6) is 0 Å². The van der Waals surface area contributed by atoms with Crippen molar-refractivity contribution >= 4 is 17.3 Å². The Morgan fingerprint density at radius 3 is 2.95 bits per heavy atom. The number of hydrogen-bond acceptors (Lipinski definition) is 4. The molecule has 1 fully saturated rings. The summed E-state index contributed by atoms with van der Waals surface area (Å²) in [4.78, 5) is 4.41. The van der Waals surface area contributed by atoms with Gasteiger partial charge in [-0.1, -0.05) is 0 Å². The van der Waals surface area contributed by atoms with Crippen LogP contribution in [-0.4, -0.2) is 22.6 Å². The number of anilines is 1. The maximum Gasteiger partial charge on any atom is 0.116 e. The average Bonchev–Trinajstić information content (AvgIpc) is 2.84. The summed E-state index contributed by atoms with van der Waals surface area (Å²) in [6, 6.07) is 2.18. The quantitative estimate of drug-likeness (QED) is 0.592. The topological polar surface area (TPSA) is 77.0 Å². The molecular formula is C15H22ClFN4. The van der Waals surface area contributed by atoms with Crippen molar-refractivity contribution in [1.29, 1.82) is 0 Å². The van der Waals surface area contributed by atoms with Crippen molar-refractivity contribution in [2.24, 2.45) is 17.4 Å². The Labute approximate surface area is 129 Å². The fourth-order valence-corrected chi connectivity index (χ4v) is 3.91. The van der Waals surface area contributed by atoms with E-state index in [2.05, 4.69) is 10.3 Å². The standard InChI is InChI=1S/C15H22ClFN4/c16-11-6-8(1-2-12(11)17)5-9-7-13-14(21-9)10(15(18)19)3-4-20-13/h3-4,8-9,11-12,15,21H,1-2,5-7,18-19H2. The van der Waals surface area contributed by atoms with Gasteiger partial charge in [-0.25, -0.2) is 4.39 Å². The number of nitrogens with one attached hydrogen (secondary N) is 1. The van der Waals surface area contributed by atoms with Gasteiger partial charge in [0.2, 0.25) is 0 Å². The number of halogens is 2. The van der Waals surface area contributed by atoms with Gasteiger partial charge in [-0.3, -0.25) is 4.98 Å². The summed E-state index contributed by atoms with van der Waals surface area (Å²) in [5.41, 5.74) is 14.5. The molecule has 3 rings (SSSR count). The van der Waals surface area contributed by atoms with Crippen molar-refractivity contribution in [3.63, 3.8) is 0 Å². The zero-order valence-corrected chi connectivity index (χ0v) is 12.7. The lowest BCUT2D eigenvalue weighted by atomic mass is 9.83. The maximum atomic E-state index is 13.4. The molecule has 1 aliphatic carbocycles. The van der Waals surface area contributed by atoms with Crippen LogP contribution in [0.3, 0.4) is 0 Å². The van der Waals surface area contributed by atoms with Gasteiger partial charge in [0.15, 0.2) is 0 Å². The molecule has 2 heterocycles. The zero-order valence-electron chi connectivity index (χ0n) is 11.9. The highest BCUT2D eigenvalue weighted by Gasteiger charge is 2.33. The third kappa shape index (κ3) is 3.15. The molecular weight excluding hydrogens is 291 g/mol. The fourth-order valence-electron chi connectivity index (χ4n) is 3.53. The van der Waals surface area contributed by atoms with E-state index in [9.17, 15) is 4.39 Å². The first-order valence-corrected chi connectivity index (χ1v) is 8.02. The van der Waals surface area contributed by atoms with E-state index in [1.165, 1.54) is 0 Å². The first-order chi connectivity index (χ1) is 10.0. The summed E-state index contributed by atoms with van der Waals surface area (Å²) in [6.07, 6.45) is 4.53. The van der Waals surface area contributed by atoms with Crippen LogP contribution < -0.4 is 16.8 Å². The van der Waals surface area contributed by atoms with Crippen LogP contribution in [0.15, 0.2) is 12.3 Å². The summed E-state index contributed by atoms with van der Waals surface area (Å²) in [6.45, 7) is 0. The van der Waals surface area contributed by atoms with Crippen molar-refractivity contribution in [3.05, 3.63) is 23.5 Å². The largest absolute Gasteiger partial charge is 0.380 e. The van der Waals surface area contributed by atoms with E-state index in [0.717, 1.165) is 42.6 Å². The van der Waals surface area contributed by atoms with Crippen LogP contribution in [0, 0.1) is 5.92 Å². The molecule has 21 heavy (non-hydrogen) atoms. The van der Waals surface area contributed by atoms with Crippen LogP contribution in [0.4, 0.5) is 10.1 Å². The minimum absolute atomic E-state index is 0.317. The van der Waals surface area contributed by atoms with Gasteiger partial charge in [0.1, 0.15) is 6.17 Å². The van der Waals surface area contributed by atoms with Crippen molar-refractivity contribution < 1.29 is 4.39 Å². The molecule has 1 aromatic heterocycles. The molecule has 4 atom stereocenters. The predicted octanol–water partition coefficient (Wildman–Crippen LogP) is 2.47. The number of aromatic nitrogens is 1. The highest BCUT2D eigenvalue weighted by Crippen LogP contribution is 2.37. The molecule has 1 saturated carbocycles. The molecule has 0 aromatic carbocycles. The van der Waals surface area contributed by atoms with Gasteiger partial charge in [0.05, 0.1) is 22.9 Å². The van der Waals surface area contributed by atoms with E-state index in [1.54, 1.807) is 6.20 Å². The summed E-state index contributed by atoms with van der Waals surface area (Å²) < 4.78 is 13.4. The lowest BCUT2D eigenvalue weighted by Gasteiger charge is -2.30. The molecule has 0 saturated heterocycles. The Kier molecular flexibility index (Phi) is 4.33. The summed E-state index contributed by atoms with van der Waals surface area (Å²) in [7, 11) is 0. The van der Waals surface area contributed by atoms with E-state index in [-0.39, 0.29) is 5.38 Å². The average molecular weight is 313 g/mol. The van der Waals surface area contributed by atoms with E-state index in [0.29, 0.717) is 18.4 Å². The molecule has 4 nitrogen and oxygen atoms in total. The van der Waals surface area contributed by atoms with Crippen LogP contribution in [0.2, 0.25) is 0 Å². The second-order valence-electron chi connectivity index (χ2n) is 6.24.